The van der Waals surface area contributed by atoms with E-state index in [1.54, 1.807) is 12.1 Å². The molecule has 0 atom stereocenters. The van der Waals surface area contributed by atoms with Crippen LogP contribution in [0.1, 0.15) is 28.4 Å². The fraction of sp³-hybridized carbons (Fsp3) is 0.250. The first-order valence-corrected chi connectivity index (χ1v) is 8.20. The largest absolute Gasteiger partial charge is 0.465 e. The van der Waals surface area contributed by atoms with E-state index in [1.165, 1.54) is 23.6 Å². The molecule has 0 saturated heterocycles. The van der Waals surface area contributed by atoms with E-state index in [-0.39, 0.29) is 5.97 Å². The fourth-order valence-electron chi connectivity index (χ4n) is 3.06. The topological polar surface area (TPSA) is 68.1 Å². The van der Waals surface area contributed by atoms with Crippen LogP contribution in [0.3, 0.4) is 0 Å². The summed E-state index contributed by atoms with van der Waals surface area (Å²) in [7, 11) is 1.39. The van der Waals surface area contributed by atoms with E-state index in [0.29, 0.717) is 12.1 Å². The molecule has 3 N–H and O–H groups in total. The minimum atomic E-state index is -0.326. The summed E-state index contributed by atoms with van der Waals surface area (Å²) in [5.41, 5.74) is 12.2. The molecule has 124 valence electrons. The lowest BCUT2D eigenvalue weighted by molar-refractivity contribution is 0.0601. The van der Waals surface area contributed by atoms with Gasteiger partial charge >= 0.3 is 5.97 Å². The number of aryl methyl sites for hydroxylation is 1. The van der Waals surface area contributed by atoms with Crippen molar-refractivity contribution in [3.05, 3.63) is 59.2 Å². The Morgan fingerprint density at radius 2 is 1.92 bits per heavy atom. The Hall–Kier alpha value is -2.59. The van der Waals surface area contributed by atoms with E-state index in [4.69, 9.17) is 10.5 Å². The van der Waals surface area contributed by atoms with Gasteiger partial charge in [0.1, 0.15) is 0 Å². The second-order valence-electron chi connectivity index (χ2n) is 5.82. The average Bonchev–Trinajstić information content (AvgIpc) is 2.99. The highest BCUT2D eigenvalue weighted by Gasteiger charge is 2.14. The maximum absolute atomic E-state index is 11.6. The molecule has 0 fully saturated rings. The van der Waals surface area contributed by atoms with Gasteiger partial charge < -0.3 is 15.5 Å². The van der Waals surface area contributed by atoms with Crippen LogP contribution in [0.5, 0.6) is 0 Å². The molecule has 1 aromatic heterocycles. The highest BCUT2D eigenvalue weighted by Crippen LogP contribution is 2.31. The number of fused-ring (bicyclic) bond motifs is 1. The lowest BCUT2D eigenvalue weighted by Gasteiger charge is -2.06. The van der Waals surface area contributed by atoms with E-state index >= 15 is 0 Å². The number of nitrogens with one attached hydrogen (secondary N) is 1. The molecule has 0 aliphatic carbocycles. The molecular formula is C20H22N2O2. The lowest BCUT2D eigenvalue weighted by Crippen LogP contribution is -2.03. The molecular weight excluding hydrogens is 300 g/mol. The standard InChI is InChI=1S/C20H22N2O2/c1-3-13-4-9-18-17(12-13)16(10-11-21)19(22-18)14-5-7-15(8-6-14)20(23)24-2/h4-9,12,22H,3,10-11,21H2,1-2H3. The Kier molecular flexibility index (Phi) is 4.67. The summed E-state index contributed by atoms with van der Waals surface area (Å²) in [6.07, 6.45) is 1.81. The van der Waals surface area contributed by atoms with Crippen LogP contribution in [0.25, 0.3) is 22.2 Å². The molecule has 0 bridgehead atoms. The number of carbonyl (C=O) groups excluding carboxylic acids is 1. The normalized spacial score (nSPS) is 11.0. The monoisotopic (exact) mass is 322 g/mol. The van der Waals surface area contributed by atoms with Gasteiger partial charge in [0, 0.05) is 16.6 Å². The van der Waals surface area contributed by atoms with Crippen LogP contribution in [-0.2, 0) is 17.6 Å². The number of hydrogen-bond donors (Lipinski definition) is 2. The van der Waals surface area contributed by atoms with Crippen molar-refractivity contribution in [3.8, 4) is 11.3 Å². The van der Waals surface area contributed by atoms with Crippen LogP contribution in [0.2, 0.25) is 0 Å². The summed E-state index contributed by atoms with van der Waals surface area (Å²) in [4.78, 5) is 15.1. The van der Waals surface area contributed by atoms with E-state index in [0.717, 1.165) is 29.6 Å². The number of ether oxygens (including phenoxy) is 1. The van der Waals surface area contributed by atoms with Crippen molar-refractivity contribution in [2.24, 2.45) is 5.73 Å². The number of benzene rings is 2. The number of aromatic amines is 1. The van der Waals surface area contributed by atoms with Crippen molar-refractivity contribution in [1.82, 2.24) is 4.98 Å². The molecule has 4 heteroatoms. The van der Waals surface area contributed by atoms with Gasteiger partial charge in [-0.25, -0.2) is 4.79 Å². The summed E-state index contributed by atoms with van der Waals surface area (Å²) in [6.45, 7) is 2.75. The SMILES string of the molecule is CCc1ccc2[nH]c(-c3ccc(C(=O)OC)cc3)c(CCN)c2c1. The van der Waals surface area contributed by atoms with Gasteiger partial charge in [0.2, 0.25) is 0 Å². The van der Waals surface area contributed by atoms with Crippen LogP contribution in [0, 0.1) is 0 Å². The third-order valence-corrected chi connectivity index (χ3v) is 4.37. The van der Waals surface area contributed by atoms with Gasteiger partial charge in [-0.05, 0) is 60.3 Å². The average molecular weight is 322 g/mol. The maximum atomic E-state index is 11.6. The predicted octanol–water partition coefficient (Wildman–Crippen LogP) is 3.69. The summed E-state index contributed by atoms with van der Waals surface area (Å²) in [6, 6.07) is 14.0. The van der Waals surface area contributed by atoms with Crippen molar-refractivity contribution in [1.29, 1.82) is 0 Å². The van der Waals surface area contributed by atoms with Gasteiger partial charge in [0.05, 0.1) is 12.7 Å². The zero-order valence-corrected chi connectivity index (χ0v) is 14.1. The molecule has 0 amide bonds. The molecule has 0 spiro atoms. The number of methoxy groups -OCH3 is 1. The third kappa shape index (κ3) is 2.93. The molecule has 0 radical (unpaired) electrons. The zero-order valence-electron chi connectivity index (χ0n) is 14.1. The van der Waals surface area contributed by atoms with Crippen LogP contribution < -0.4 is 5.73 Å². The molecule has 4 nitrogen and oxygen atoms in total. The first-order chi connectivity index (χ1) is 11.7. The number of rotatable bonds is 5. The predicted molar refractivity (Wildman–Crippen MR) is 97.2 cm³/mol. The molecule has 0 unspecified atom stereocenters. The summed E-state index contributed by atoms with van der Waals surface area (Å²) in [5.74, 6) is -0.326. The number of aromatic nitrogens is 1. The summed E-state index contributed by atoms with van der Waals surface area (Å²) >= 11 is 0. The molecule has 1 heterocycles. The first-order valence-electron chi connectivity index (χ1n) is 8.20. The van der Waals surface area contributed by atoms with Crippen LogP contribution in [0.4, 0.5) is 0 Å². The third-order valence-electron chi connectivity index (χ3n) is 4.37. The van der Waals surface area contributed by atoms with E-state index < -0.39 is 0 Å². The number of esters is 1. The molecule has 0 aliphatic rings. The Morgan fingerprint density at radius 3 is 2.54 bits per heavy atom. The Bertz CT molecular complexity index is 863. The van der Waals surface area contributed by atoms with E-state index in [9.17, 15) is 4.79 Å². The van der Waals surface area contributed by atoms with E-state index in [2.05, 4.69) is 30.1 Å². The van der Waals surface area contributed by atoms with Crippen LogP contribution in [-0.4, -0.2) is 24.6 Å². The number of hydrogen-bond acceptors (Lipinski definition) is 3. The number of carbonyl (C=O) groups is 1. The maximum Gasteiger partial charge on any atom is 0.337 e. The minimum Gasteiger partial charge on any atom is -0.465 e. The van der Waals surface area contributed by atoms with Gasteiger partial charge in [-0.2, -0.15) is 0 Å². The van der Waals surface area contributed by atoms with Crippen molar-refractivity contribution >= 4 is 16.9 Å². The lowest BCUT2D eigenvalue weighted by atomic mass is 10.0. The fourth-order valence-corrected chi connectivity index (χ4v) is 3.06. The number of nitrogens with two attached hydrogens (primary N) is 1. The van der Waals surface area contributed by atoms with Crippen LogP contribution >= 0.6 is 0 Å². The Morgan fingerprint density at radius 1 is 1.17 bits per heavy atom. The first kappa shape index (κ1) is 16.3. The summed E-state index contributed by atoms with van der Waals surface area (Å²) in [5, 5.41) is 1.23. The second kappa shape index (κ2) is 6.89. The summed E-state index contributed by atoms with van der Waals surface area (Å²) < 4.78 is 4.75. The van der Waals surface area contributed by atoms with Crippen molar-refractivity contribution in [2.45, 2.75) is 19.8 Å². The van der Waals surface area contributed by atoms with Gasteiger partial charge in [-0.1, -0.05) is 25.1 Å². The molecule has 24 heavy (non-hydrogen) atoms. The molecule has 2 aromatic carbocycles. The quantitative estimate of drug-likeness (QED) is 0.704. The smallest absolute Gasteiger partial charge is 0.337 e. The van der Waals surface area contributed by atoms with Gasteiger partial charge in [0.15, 0.2) is 0 Å². The van der Waals surface area contributed by atoms with Crippen molar-refractivity contribution in [3.63, 3.8) is 0 Å². The number of H-pyrrole nitrogens is 1. The van der Waals surface area contributed by atoms with Gasteiger partial charge in [-0.15, -0.1) is 0 Å². The Balaban J connectivity index is 2.10. The van der Waals surface area contributed by atoms with E-state index in [1.807, 2.05) is 12.1 Å². The van der Waals surface area contributed by atoms with Gasteiger partial charge in [0.25, 0.3) is 0 Å². The highest BCUT2D eigenvalue weighted by atomic mass is 16.5. The molecule has 3 aromatic rings. The molecule has 3 rings (SSSR count). The van der Waals surface area contributed by atoms with Crippen LogP contribution in [0.15, 0.2) is 42.5 Å². The molecule has 0 aliphatic heterocycles. The minimum absolute atomic E-state index is 0.326. The molecule has 0 saturated carbocycles. The zero-order chi connectivity index (χ0) is 17.1. The highest BCUT2D eigenvalue weighted by molar-refractivity contribution is 5.93. The second-order valence-corrected chi connectivity index (χ2v) is 5.82. The van der Waals surface area contributed by atoms with Gasteiger partial charge in [-0.3, -0.25) is 0 Å². The van der Waals surface area contributed by atoms with Crippen molar-refractivity contribution < 1.29 is 9.53 Å². The Labute approximate surface area is 141 Å². The van der Waals surface area contributed by atoms with Crippen molar-refractivity contribution in [2.75, 3.05) is 13.7 Å².